The Kier molecular flexibility index (Phi) is 8.01. The lowest BCUT2D eigenvalue weighted by Crippen LogP contribution is -2.13. The van der Waals surface area contributed by atoms with Crippen LogP contribution >= 0.6 is 15.9 Å². The van der Waals surface area contributed by atoms with Gasteiger partial charge in [-0.1, -0.05) is 12.1 Å². The molecule has 1 amide bonds. The second kappa shape index (κ2) is 11.1. The molecule has 0 radical (unpaired) electrons. The third kappa shape index (κ3) is 6.21. The molecule has 0 aromatic heterocycles. The lowest BCUT2D eigenvalue weighted by atomic mass is 10.1. The maximum Gasteiger partial charge on any atom is 0.335 e. The van der Waals surface area contributed by atoms with Gasteiger partial charge in [0.1, 0.15) is 24.1 Å². The molecule has 0 saturated carbocycles. The van der Waals surface area contributed by atoms with Crippen LogP contribution in [0.2, 0.25) is 0 Å². The predicted molar refractivity (Wildman–Crippen MR) is 127 cm³/mol. The van der Waals surface area contributed by atoms with E-state index >= 15 is 0 Å². The molecule has 0 heterocycles. The van der Waals surface area contributed by atoms with Crippen LogP contribution in [0.15, 0.2) is 70.7 Å². The minimum Gasteiger partial charge on any atom is -0.493 e. The van der Waals surface area contributed by atoms with Crippen molar-refractivity contribution in [3.63, 3.8) is 0 Å². The zero-order valence-electron chi connectivity index (χ0n) is 17.8. The van der Waals surface area contributed by atoms with Gasteiger partial charge in [0.25, 0.3) is 5.91 Å². The van der Waals surface area contributed by atoms with Crippen molar-refractivity contribution in [3.8, 4) is 17.6 Å². The van der Waals surface area contributed by atoms with Crippen molar-refractivity contribution in [2.24, 2.45) is 0 Å². The van der Waals surface area contributed by atoms with E-state index in [0.29, 0.717) is 27.2 Å². The van der Waals surface area contributed by atoms with Gasteiger partial charge in [0.2, 0.25) is 0 Å². The fraction of sp³-hybridized carbons (Fsp3) is 0.0800. The van der Waals surface area contributed by atoms with Crippen molar-refractivity contribution in [3.05, 3.63) is 93.2 Å². The second-order valence-electron chi connectivity index (χ2n) is 6.96. The molecular weight excluding hydrogens is 507 g/mol. The fourth-order valence-electron chi connectivity index (χ4n) is 2.91. The number of carboxylic acids is 1. The summed E-state index contributed by atoms with van der Waals surface area (Å²) >= 11 is 3.42. The van der Waals surface area contributed by atoms with Crippen LogP contribution in [0.5, 0.6) is 11.5 Å². The summed E-state index contributed by atoms with van der Waals surface area (Å²) in [5, 5.41) is 21.0. The van der Waals surface area contributed by atoms with Gasteiger partial charge in [-0.05, 0) is 81.7 Å². The number of halogens is 2. The summed E-state index contributed by atoms with van der Waals surface area (Å²) in [7, 11) is 1.45. The van der Waals surface area contributed by atoms with Crippen LogP contribution in [-0.2, 0) is 11.4 Å². The van der Waals surface area contributed by atoms with Crippen LogP contribution in [0.1, 0.15) is 21.5 Å². The molecule has 0 aliphatic carbocycles. The topological polar surface area (TPSA) is 109 Å². The van der Waals surface area contributed by atoms with Gasteiger partial charge < -0.3 is 19.9 Å². The van der Waals surface area contributed by atoms with Crippen molar-refractivity contribution < 1.29 is 28.6 Å². The molecule has 0 bridgehead atoms. The Morgan fingerprint density at radius 3 is 2.41 bits per heavy atom. The summed E-state index contributed by atoms with van der Waals surface area (Å²) in [5.74, 6) is -1.33. The van der Waals surface area contributed by atoms with E-state index in [1.54, 1.807) is 24.3 Å². The first-order valence-electron chi connectivity index (χ1n) is 9.82. The van der Waals surface area contributed by atoms with Crippen molar-refractivity contribution >= 4 is 39.6 Å². The van der Waals surface area contributed by atoms with Crippen molar-refractivity contribution in [1.29, 1.82) is 5.26 Å². The van der Waals surface area contributed by atoms with Crippen LogP contribution in [-0.4, -0.2) is 24.1 Å². The molecule has 2 N–H and O–H groups in total. The number of hydrogen-bond acceptors (Lipinski definition) is 5. The van der Waals surface area contributed by atoms with Gasteiger partial charge in [-0.25, -0.2) is 9.18 Å². The third-order valence-electron chi connectivity index (χ3n) is 4.61. The molecular formula is C25H18BrFN2O5. The first-order valence-corrected chi connectivity index (χ1v) is 10.6. The maximum absolute atomic E-state index is 13.1. The molecule has 0 spiro atoms. The predicted octanol–water partition coefficient (Wildman–Crippen LogP) is 5.42. The molecule has 3 rings (SSSR count). The van der Waals surface area contributed by atoms with E-state index in [4.69, 9.17) is 14.6 Å². The van der Waals surface area contributed by atoms with Gasteiger partial charge in [0.15, 0.2) is 11.5 Å². The number of carbonyl (C=O) groups excluding carboxylic acids is 1. The molecule has 7 nitrogen and oxygen atoms in total. The average molecular weight is 525 g/mol. The van der Waals surface area contributed by atoms with E-state index in [1.165, 1.54) is 49.6 Å². The lowest BCUT2D eigenvalue weighted by molar-refractivity contribution is -0.112. The number of carbonyl (C=O) groups is 2. The zero-order chi connectivity index (χ0) is 24.7. The minimum absolute atomic E-state index is 0.160. The zero-order valence-corrected chi connectivity index (χ0v) is 19.4. The molecule has 34 heavy (non-hydrogen) atoms. The molecule has 3 aromatic carbocycles. The number of ether oxygens (including phenoxy) is 2. The van der Waals surface area contributed by atoms with Gasteiger partial charge in [-0.15, -0.1) is 0 Å². The molecule has 0 aliphatic rings. The van der Waals surface area contributed by atoms with Crippen molar-refractivity contribution in [1.82, 2.24) is 0 Å². The third-order valence-corrected chi connectivity index (χ3v) is 5.20. The molecule has 0 atom stereocenters. The Morgan fingerprint density at radius 1 is 1.15 bits per heavy atom. The van der Waals surface area contributed by atoms with E-state index < -0.39 is 17.7 Å². The monoisotopic (exact) mass is 524 g/mol. The van der Waals surface area contributed by atoms with E-state index in [0.717, 1.165) is 5.56 Å². The largest absolute Gasteiger partial charge is 0.493 e. The highest BCUT2D eigenvalue weighted by molar-refractivity contribution is 9.10. The number of nitriles is 1. The fourth-order valence-corrected chi connectivity index (χ4v) is 3.48. The SMILES string of the molecule is COc1cc(/C=C(\C#N)C(=O)Nc2ccc(F)cc2)cc(Br)c1OCc1ccc(C(=O)O)cc1. The van der Waals surface area contributed by atoms with Crippen LogP contribution in [0.4, 0.5) is 10.1 Å². The normalized spacial score (nSPS) is 10.8. The number of amides is 1. The lowest BCUT2D eigenvalue weighted by Gasteiger charge is -2.14. The van der Waals surface area contributed by atoms with Crippen LogP contribution in [0.25, 0.3) is 6.08 Å². The van der Waals surface area contributed by atoms with Crippen LogP contribution < -0.4 is 14.8 Å². The number of nitrogens with one attached hydrogen (secondary N) is 1. The second-order valence-corrected chi connectivity index (χ2v) is 7.81. The number of benzene rings is 3. The molecule has 9 heteroatoms. The van der Waals surface area contributed by atoms with Crippen LogP contribution in [0, 0.1) is 17.1 Å². The van der Waals surface area contributed by atoms with E-state index in [2.05, 4.69) is 21.2 Å². The summed E-state index contributed by atoms with van der Waals surface area (Å²) in [6, 6.07) is 16.6. The van der Waals surface area contributed by atoms with Gasteiger partial charge in [-0.2, -0.15) is 5.26 Å². The first-order chi connectivity index (χ1) is 16.3. The summed E-state index contributed by atoms with van der Waals surface area (Å²) in [4.78, 5) is 23.4. The van der Waals surface area contributed by atoms with Crippen LogP contribution in [0.3, 0.4) is 0 Å². The van der Waals surface area contributed by atoms with E-state index in [1.807, 2.05) is 6.07 Å². The Balaban J connectivity index is 1.78. The molecule has 172 valence electrons. The maximum atomic E-state index is 13.1. The number of hydrogen-bond donors (Lipinski definition) is 2. The average Bonchev–Trinajstić information content (AvgIpc) is 2.83. The van der Waals surface area contributed by atoms with Gasteiger partial charge in [-0.3, -0.25) is 4.79 Å². The van der Waals surface area contributed by atoms with E-state index in [9.17, 15) is 19.2 Å². The van der Waals surface area contributed by atoms with Crippen molar-refractivity contribution in [2.75, 3.05) is 12.4 Å². The Labute approximate surface area is 203 Å². The smallest absolute Gasteiger partial charge is 0.335 e. The quantitative estimate of drug-likeness (QED) is 0.300. The Bertz CT molecular complexity index is 1280. The first kappa shape index (κ1) is 24.5. The summed E-state index contributed by atoms with van der Waals surface area (Å²) in [6.07, 6.45) is 1.39. The molecule has 0 unspecified atom stereocenters. The number of nitrogens with zero attached hydrogens (tertiary/aromatic N) is 1. The highest BCUT2D eigenvalue weighted by Gasteiger charge is 2.15. The number of aromatic carboxylic acids is 1. The standard InChI is InChI=1S/C25H18BrFN2O5/c1-33-22-12-16(10-18(13-28)24(30)29-20-8-6-19(27)7-9-20)11-21(26)23(22)34-14-15-2-4-17(5-3-15)25(31)32/h2-12H,14H2,1H3,(H,29,30)(H,31,32)/b18-10+. The molecule has 0 fully saturated rings. The van der Waals surface area contributed by atoms with Crippen molar-refractivity contribution in [2.45, 2.75) is 6.61 Å². The van der Waals surface area contributed by atoms with Gasteiger partial charge in [0, 0.05) is 5.69 Å². The summed E-state index contributed by atoms with van der Waals surface area (Å²) in [5.41, 5.74) is 1.63. The minimum atomic E-state index is -1.01. The summed E-state index contributed by atoms with van der Waals surface area (Å²) < 4.78 is 24.8. The molecule has 3 aromatic rings. The Hall–Kier alpha value is -4.16. The number of methoxy groups -OCH3 is 1. The van der Waals surface area contributed by atoms with Gasteiger partial charge in [0.05, 0.1) is 17.1 Å². The summed E-state index contributed by atoms with van der Waals surface area (Å²) in [6.45, 7) is 0.160. The molecule has 0 aliphatic heterocycles. The molecule has 0 saturated heterocycles. The Morgan fingerprint density at radius 2 is 1.82 bits per heavy atom. The highest BCUT2D eigenvalue weighted by atomic mass is 79.9. The van der Waals surface area contributed by atoms with Gasteiger partial charge >= 0.3 is 5.97 Å². The number of carboxylic acid groups (broad SMARTS) is 1. The van der Waals surface area contributed by atoms with E-state index in [-0.39, 0.29) is 17.7 Å². The number of anilines is 1. The number of rotatable bonds is 8. The highest BCUT2D eigenvalue weighted by Crippen LogP contribution is 2.37.